The second-order valence-corrected chi connectivity index (χ2v) is 5.64. The summed E-state index contributed by atoms with van der Waals surface area (Å²) in [7, 11) is 1.72. The Kier molecular flexibility index (Phi) is 6.63. The van der Waals surface area contributed by atoms with E-state index in [4.69, 9.17) is 14.2 Å². The Balaban J connectivity index is 1.75. The first kappa shape index (κ1) is 15.6. The summed E-state index contributed by atoms with van der Waals surface area (Å²) in [6, 6.07) is 4.11. The van der Waals surface area contributed by atoms with Gasteiger partial charge in [0.05, 0.1) is 6.61 Å². The summed E-state index contributed by atoms with van der Waals surface area (Å²) in [5.41, 5.74) is 1.28. The number of halogens is 1. The molecule has 0 saturated heterocycles. The summed E-state index contributed by atoms with van der Waals surface area (Å²) in [5, 5.41) is 3.36. The highest BCUT2D eigenvalue weighted by atomic mass is 79.9. The van der Waals surface area contributed by atoms with E-state index in [0.717, 1.165) is 54.9 Å². The molecule has 1 aromatic rings. The number of ether oxygens (including phenoxy) is 3. The zero-order chi connectivity index (χ0) is 14.2. The van der Waals surface area contributed by atoms with Crippen molar-refractivity contribution in [3.63, 3.8) is 0 Å². The fourth-order valence-electron chi connectivity index (χ4n) is 2.16. The van der Waals surface area contributed by atoms with Gasteiger partial charge in [0.25, 0.3) is 0 Å². The minimum atomic E-state index is 0.631. The first-order chi connectivity index (χ1) is 9.81. The van der Waals surface area contributed by atoms with Gasteiger partial charge in [-0.25, -0.2) is 0 Å². The third-order valence-electron chi connectivity index (χ3n) is 3.24. The Hall–Kier alpha value is -0.780. The van der Waals surface area contributed by atoms with E-state index in [0.29, 0.717) is 13.2 Å². The maximum Gasteiger partial charge on any atom is 0.162 e. The van der Waals surface area contributed by atoms with Crippen LogP contribution in [0.1, 0.15) is 18.4 Å². The summed E-state index contributed by atoms with van der Waals surface area (Å²) in [5.74, 6) is 1.71. The van der Waals surface area contributed by atoms with Gasteiger partial charge >= 0.3 is 0 Å². The Labute approximate surface area is 128 Å². The molecule has 1 heterocycles. The predicted octanol–water partition coefficient (Wildman–Crippen LogP) is 2.78. The van der Waals surface area contributed by atoms with Crippen molar-refractivity contribution in [1.82, 2.24) is 5.32 Å². The molecular weight excluding hydrogens is 322 g/mol. The lowest BCUT2D eigenvalue weighted by Gasteiger charge is -2.20. The highest BCUT2D eigenvalue weighted by Crippen LogP contribution is 2.36. The van der Waals surface area contributed by atoms with E-state index in [1.54, 1.807) is 7.11 Å². The van der Waals surface area contributed by atoms with Crippen molar-refractivity contribution < 1.29 is 14.2 Å². The van der Waals surface area contributed by atoms with Gasteiger partial charge in [0, 0.05) is 18.1 Å². The van der Waals surface area contributed by atoms with Crippen LogP contribution in [0.4, 0.5) is 0 Å². The van der Waals surface area contributed by atoms with Crippen LogP contribution in [0.3, 0.4) is 0 Å². The molecule has 0 bridgehead atoms. The van der Waals surface area contributed by atoms with Gasteiger partial charge in [-0.2, -0.15) is 0 Å². The average molecular weight is 344 g/mol. The first-order valence-corrected chi connectivity index (χ1v) is 7.88. The Morgan fingerprint density at radius 2 is 1.90 bits per heavy atom. The van der Waals surface area contributed by atoms with Crippen molar-refractivity contribution in [2.75, 3.05) is 40.0 Å². The normalized spacial score (nSPS) is 13.5. The quantitative estimate of drug-likeness (QED) is 0.736. The number of hydrogen-bond acceptors (Lipinski definition) is 4. The van der Waals surface area contributed by atoms with Crippen LogP contribution in [0.15, 0.2) is 16.6 Å². The third kappa shape index (κ3) is 4.65. The van der Waals surface area contributed by atoms with Crippen LogP contribution in [0, 0.1) is 0 Å². The van der Waals surface area contributed by atoms with E-state index < -0.39 is 0 Å². The number of benzene rings is 1. The zero-order valence-electron chi connectivity index (χ0n) is 11.9. The number of fused-ring (bicyclic) bond motifs is 1. The fourth-order valence-corrected chi connectivity index (χ4v) is 2.68. The molecule has 1 N–H and O–H groups in total. The van der Waals surface area contributed by atoms with Crippen molar-refractivity contribution >= 4 is 15.9 Å². The molecule has 0 aliphatic carbocycles. The number of unbranched alkanes of at least 4 members (excludes halogenated alkanes) is 1. The molecule has 0 radical (unpaired) electrons. The highest BCUT2D eigenvalue weighted by Gasteiger charge is 2.14. The molecule has 1 aromatic carbocycles. The Morgan fingerprint density at radius 3 is 2.65 bits per heavy atom. The van der Waals surface area contributed by atoms with Crippen LogP contribution >= 0.6 is 15.9 Å². The van der Waals surface area contributed by atoms with Gasteiger partial charge in [-0.1, -0.05) is 15.9 Å². The van der Waals surface area contributed by atoms with Crippen LogP contribution in [-0.2, 0) is 11.2 Å². The molecule has 0 fully saturated rings. The molecular formula is C15H22BrNO3. The van der Waals surface area contributed by atoms with Crippen molar-refractivity contribution in [3.8, 4) is 11.5 Å². The van der Waals surface area contributed by atoms with Crippen molar-refractivity contribution in [1.29, 1.82) is 0 Å². The topological polar surface area (TPSA) is 39.7 Å². The van der Waals surface area contributed by atoms with Gasteiger partial charge in [0.2, 0.25) is 0 Å². The Bertz CT molecular complexity index is 426. The smallest absolute Gasteiger partial charge is 0.162 e. The third-order valence-corrected chi connectivity index (χ3v) is 3.98. The number of aryl methyl sites for hydroxylation is 1. The van der Waals surface area contributed by atoms with E-state index in [1.807, 2.05) is 6.07 Å². The van der Waals surface area contributed by atoms with Crippen LogP contribution in [0.5, 0.6) is 11.5 Å². The molecule has 0 aromatic heterocycles. The Morgan fingerprint density at radius 1 is 1.15 bits per heavy atom. The van der Waals surface area contributed by atoms with Gasteiger partial charge in [0.15, 0.2) is 11.5 Å². The lowest BCUT2D eigenvalue weighted by molar-refractivity contribution is 0.171. The summed E-state index contributed by atoms with van der Waals surface area (Å²) < 4.78 is 17.3. The van der Waals surface area contributed by atoms with Crippen molar-refractivity contribution in [2.45, 2.75) is 19.3 Å². The van der Waals surface area contributed by atoms with E-state index in [1.165, 1.54) is 5.56 Å². The number of nitrogens with one attached hydrogen (secondary N) is 1. The average Bonchev–Trinajstić information content (AvgIpc) is 2.46. The van der Waals surface area contributed by atoms with Gasteiger partial charge in [0.1, 0.15) is 13.2 Å². The molecule has 1 aliphatic heterocycles. The second kappa shape index (κ2) is 8.49. The molecule has 1 aliphatic rings. The molecule has 0 spiro atoms. The molecule has 0 amide bonds. The van der Waals surface area contributed by atoms with Crippen LogP contribution in [-0.4, -0.2) is 40.0 Å². The maximum absolute atomic E-state index is 5.62. The molecule has 20 heavy (non-hydrogen) atoms. The number of hydrogen-bond donors (Lipinski definition) is 1. The largest absolute Gasteiger partial charge is 0.486 e. The highest BCUT2D eigenvalue weighted by molar-refractivity contribution is 9.10. The van der Waals surface area contributed by atoms with E-state index >= 15 is 0 Å². The number of rotatable bonds is 8. The minimum absolute atomic E-state index is 0.631. The summed E-state index contributed by atoms with van der Waals surface area (Å²) in [6.07, 6.45) is 3.35. The maximum atomic E-state index is 5.62. The van der Waals surface area contributed by atoms with E-state index in [-0.39, 0.29) is 0 Å². The minimum Gasteiger partial charge on any atom is -0.486 e. The molecule has 112 valence electrons. The molecule has 4 nitrogen and oxygen atoms in total. The van der Waals surface area contributed by atoms with Gasteiger partial charge in [-0.3, -0.25) is 0 Å². The van der Waals surface area contributed by atoms with Gasteiger partial charge in [-0.15, -0.1) is 0 Å². The standard InChI is InChI=1S/C15H22BrNO3/c1-18-7-6-17-5-3-2-4-12-10-14-15(11-13(12)16)20-9-8-19-14/h10-11,17H,2-9H2,1H3. The molecule has 0 saturated carbocycles. The van der Waals surface area contributed by atoms with Crippen LogP contribution in [0.25, 0.3) is 0 Å². The molecule has 2 rings (SSSR count). The lowest BCUT2D eigenvalue weighted by Crippen LogP contribution is -2.20. The van der Waals surface area contributed by atoms with Crippen molar-refractivity contribution in [2.24, 2.45) is 0 Å². The molecule has 0 atom stereocenters. The molecule has 0 unspecified atom stereocenters. The lowest BCUT2D eigenvalue weighted by atomic mass is 10.1. The van der Waals surface area contributed by atoms with Crippen LogP contribution < -0.4 is 14.8 Å². The van der Waals surface area contributed by atoms with Crippen molar-refractivity contribution in [3.05, 3.63) is 22.2 Å². The second-order valence-electron chi connectivity index (χ2n) is 4.79. The van der Waals surface area contributed by atoms with Gasteiger partial charge < -0.3 is 19.5 Å². The SMILES string of the molecule is COCCNCCCCc1cc2c(cc1Br)OCCO2. The summed E-state index contributed by atoms with van der Waals surface area (Å²) >= 11 is 3.61. The predicted molar refractivity (Wildman–Crippen MR) is 82.8 cm³/mol. The monoisotopic (exact) mass is 343 g/mol. The van der Waals surface area contributed by atoms with Gasteiger partial charge in [-0.05, 0) is 43.5 Å². The molecule has 5 heteroatoms. The first-order valence-electron chi connectivity index (χ1n) is 7.09. The number of methoxy groups -OCH3 is 1. The fraction of sp³-hybridized carbons (Fsp3) is 0.600. The van der Waals surface area contributed by atoms with Crippen LogP contribution in [0.2, 0.25) is 0 Å². The summed E-state index contributed by atoms with van der Waals surface area (Å²) in [4.78, 5) is 0. The zero-order valence-corrected chi connectivity index (χ0v) is 13.5. The van der Waals surface area contributed by atoms with E-state index in [2.05, 4.69) is 27.3 Å². The summed E-state index contributed by atoms with van der Waals surface area (Å²) in [6.45, 7) is 3.99. The van der Waals surface area contributed by atoms with E-state index in [9.17, 15) is 0 Å².